The van der Waals surface area contributed by atoms with E-state index in [1.807, 2.05) is 0 Å². The Labute approximate surface area is 247 Å². The smallest absolute Gasteiger partial charge is 0.306 e. The van der Waals surface area contributed by atoms with Crippen molar-refractivity contribution in [1.29, 1.82) is 0 Å². The molecule has 0 bridgehead atoms. The first-order valence-corrected chi connectivity index (χ1v) is 15.9. The molecule has 17 heteroatoms. The Morgan fingerprint density at radius 2 is 1.16 bits per heavy atom. The number of hydrogen-bond donors (Lipinski definition) is 0. The number of nitrogens with zero attached hydrogens (tertiary/aromatic N) is 5. The van der Waals surface area contributed by atoms with Gasteiger partial charge in [0, 0.05) is 42.5 Å². The molecule has 0 saturated carbocycles. The van der Waals surface area contributed by atoms with Crippen LogP contribution in [0.15, 0.2) is 101 Å². The summed E-state index contributed by atoms with van der Waals surface area (Å²) >= 11 is 0. The van der Waals surface area contributed by atoms with Gasteiger partial charge in [0.05, 0.1) is 16.1 Å². The summed E-state index contributed by atoms with van der Waals surface area (Å²) < 4.78 is 124. The van der Waals surface area contributed by atoms with Crippen molar-refractivity contribution in [3.63, 3.8) is 0 Å². The van der Waals surface area contributed by atoms with Crippen molar-refractivity contribution in [2.24, 2.45) is 0 Å². The van der Waals surface area contributed by atoms with Gasteiger partial charge in [-0.15, -0.1) is 0 Å². The standard InChI is InChI=1S/C16H12F3N3O2S.C11H9F3N2O2S/c1-25(23,24)12-7-5-11(6-8-12)22-10-14(16(17,18)19)21-15(22)13-4-2-3-9-20-13;1-19(17,18)9-4-2-8(3-5-9)16-6-10(15-7-16)11(12,13)14/h2-10H,1H3;2-7H,1H3. The average Bonchev–Trinajstić information content (AvgIpc) is 3.62. The summed E-state index contributed by atoms with van der Waals surface area (Å²) in [5, 5.41) is 0. The van der Waals surface area contributed by atoms with Crippen molar-refractivity contribution in [3.8, 4) is 22.9 Å². The number of sulfone groups is 2. The number of alkyl halides is 6. The molecule has 9 nitrogen and oxygen atoms in total. The van der Waals surface area contributed by atoms with Gasteiger partial charge in [0.25, 0.3) is 0 Å². The molecule has 2 aromatic carbocycles. The van der Waals surface area contributed by atoms with Gasteiger partial charge in [0.2, 0.25) is 0 Å². The van der Waals surface area contributed by atoms with Gasteiger partial charge in [-0.25, -0.2) is 26.8 Å². The van der Waals surface area contributed by atoms with Crippen molar-refractivity contribution in [2.75, 3.05) is 12.5 Å². The fourth-order valence-corrected chi connectivity index (χ4v) is 4.98. The molecule has 0 radical (unpaired) electrons. The lowest BCUT2D eigenvalue weighted by Crippen LogP contribution is -2.05. The largest absolute Gasteiger partial charge is 0.434 e. The lowest BCUT2D eigenvalue weighted by Gasteiger charge is -2.08. The van der Waals surface area contributed by atoms with Crippen LogP contribution in [0.4, 0.5) is 26.3 Å². The first kappa shape index (κ1) is 32.4. The van der Waals surface area contributed by atoms with Crippen LogP contribution in [-0.2, 0) is 32.0 Å². The molecule has 0 N–H and O–H groups in total. The fraction of sp³-hybridized carbons (Fsp3) is 0.148. The summed E-state index contributed by atoms with van der Waals surface area (Å²) in [5.41, 5.74) is -1.04. The zero-order chi connectivity index (χ0) is 32.5. The van der Waals surface area contributed by atoms with Crippen LogP contribution in [-0.4, -0.2) is 53.4 Å². The fourth-order valence-electron chi connectivity index (χ4n) is 3.72. The second kappa shape index (κ2) is 11.9. The van der Waals surface area contributed by atoms with Gasteiger partial charge in [0.1, 0.15) is 5.69 Å². The molecule has 0 saturated heterocycles. The van der Waals surface area contributed by atoms with Crippen molar-refractivity contribution in [1.82, 2.24) is 24.1 Å². The van der Waals surface area contributed by atoms with Gasteiger partial charge in [-0.1, -0.05) is 6.07 Å². The molecule has 0 fully saturated rings. The highest BCUT2D eigenvalue weighted by molar-refractivity contribution is 7.91. The third-order valence-electron chi connectivity index (χ3n) is 5.87. The Morgan fingerprint density at radius 1 is 0.636 bits per heavy atom. The summed E-state index contributed by atoms with van der Waals surface area (Å²) in [5.74, 6) is 0.0139. The van der Waals surface area contributed by atoms with Crippen LogP contribution in [0.2, 0.25) is 0 Å². The first-order chi connectivity index (χ1) is 20.3. The maximum absolute atomic E-state index is 13.1. The number of aromatic nitrogens is 5. The number of benzene rings is 2. The van der Waals surface area contributed by atoms with E-state index in [9.17, 15) is 43.2 Å². The predicted molar refractivity (Wildman–Crippen MR) is 147 cm³/mol. The monoisotopic (exact) mass is 657 g/mol. The molecule has 232 valence electrons. The van der Waals surface area contributed by atoms with Crippen LogP contribution in [0.3, 0.4) is 0 Å². The molecule has 0 spiro atoms. The van der Waals surface area contributed by atoms with E-state index in [1.165, 1.54) is 63.9 Å². The van der Waals surface area contributed by atoms with E-state index in [0.717, 1.165) is 31.2 Å². The van der Waals surface area contributed by atoms with Gasteiger partial charge in [-0.2, -0.15) is 26.3 Å². The summed E-state index contributed by atoms with van der Waals surface area (Å²) in [6.45, 7) is 0. The van der Waals surface area contributed by atoms with Crippen LogP contribution in [0.5, 0.6) is 0 Å². The molecule has 5 aromatic rings. The first-order valence-electron chi connectivity index (χ1n) is 12.1. The van der Waals surface area contributed by atoms with Crippen molar-refractivity contribution in [3.05, 3.63) is 103 Å². The highest BCUT2D eigenvalue weighted by atomic mass is 32.2. The zero-order valence-electron chi connectivity index (χ0n) is 22.6. The topological polar surface area (TPSA) is 117 Å². The molecule has 3 heterocycles. The molecular weight excluding hydrogens is 636 g/mol. The van der Waals surface area contributed by atoms with E-state index < -0.39 is 43.4 Å². The van der Waals surface area contributed by atoms with Gasteiger partial charge in [-0.05, 0) is 60.7 Å². The summed E-state index contributed by atoms with van der Waals surface area (Å²) in [7, 11) is -6.72. The Bertz CT molecular complexity index is 1970. The summed E-state index contributed by atoms with van der Waals surface area (Å²) in [4.78, 5) is 11.1. The number of imidazole rings is 2. The average molecular weight is 658 g/mol. The Morgan fingerprint density at radius 3 is 1.59 bits per heavy atom. The van der Waals surface area contributed by atoms with Crippen molar-refractivity contribution in [2.45, 2.75) is 22.1 Å². The van der Waals surface area contributed by atoms with Crippen molar-refractivity contribution >= 4 is 19.7 Å². The molecule has 5 rings (SSSR count). The highest BCUT2D eigenvalue weighted by Gasteiger charge is 2.35. The van der Waals surface area contributed by atoms with Gasteiger partial charge in [0.15, 0.2) is 36.9 Å². The molecule has 0 aliphatic rings. The van der Waals surface area contributed by atoms with Crippen molar-refractivity contribution < 1.29 is 43.2 Å². The molecule has 0 unspecified atom stereocenters. The molecule has 0 aliphatic heterocycles. The molecule has 44 heavy (non-hydrogen) atoms. The van der Waals surface area contributed by atoms with E-state index in [1.54, 1.807) is 18.2 Å². The minimum absolute atomic E-state index is 0.0139. The highest BCUT2D eigenvalue weighted by Crippen LogP contribution is 2.32. The third-order valence-corrected chi connectivity index (χ3v) is 8.13. The van der Waals surface area contributed by atoms with E-state index in [-0.39, 0.29) is 21.3 Å². The lowest BCUT2D eigenvalue weighted by atomic mass is 10.3. The second-order valence-corrected chi connectivity index (χ2v) is 13.3. The zero-order valence-corrected chi connectivity index (χ0v) is 24.2. The van der Waals surface area contributed by atoms with Gasteiger partial charge in [-0.3, -0.25) is 9.55 Å². The van der Waals surface area contributed by atoms with E-state index in [2.05, 4.69) is 15.0 Å². The number of hydrogen-bond acceptors (Lipinski definition) is 7. The second-order valence-electron chi connectivity index (χ2n) is 9.23. The van der Waals surface area contributed by atoms with Gasteiger partial charge >= 0.3 is 12.4 Å². The Kier molecular flexibility index (Phi) is 8.75. The maximum atomic E-state index is 13.1. The number of pyridine rings is 1. The van der Waals surface area contributed by atoms with Crippen LogP contribution >= 0.6 is 0 Å². The van der Waals surface area contributed by atoms with Crippen LogP contribution < -0.4 is 0 Å². The Hall–Kier alpha value is -4.51. The van der Waals surface area contributed by atoms with E-state index in [0.29, 0.717) is 11.4 Å². The van der Waals surface area contributed by atoms with Gasteiger partial charge < -0.3 is 4.57 Å². The summed E-state index contributed by atoms with van der Waals surface area (Å²) in [6, 6.07) is 15.8. The van der Waals surface area contributed by atoms with E-state index in [4.69, 9.17) is 0 Å². The predicted octanol–water partition coefficient (Wildman–Crippen LogP) is 5.65. The molecule has 0 atom stereocenters. The molecule has 0 amide bonds. The van der Waals surface area contributed by atoms with E-state index >= 15 is 0 Å². The third kappa shape index (κ3) is 7.71. The summed E-state index contributed by atoms with van der Waals surface area (Å²) in [6.07, 6.45) is -2.82. The quantitative estimate of drug-likeness (QED) is 0.224. The number of halogens is 6. The van der Waals surface area contributed by atoms with Crippen LogP contribution in [0, 0.1) is 0 Å². The maximum Gasteiger partial charge on any atom is 0.434 e. The minimum atomic E-state index is -4.61. The van der Waals surface area contributed by atoms with Crippen LogP contribution in [0.25, 0.3) is 22.9 Å². The molecule has 3 aromatic heterocycles. The lowest BCUT2D eigenvalue weighted by molar-refractivity contribution is -0.141. The van der Waals surface area contributed by atoms with Crippen LogP contribution in [0.1, 0.15) is 11.4 Å². The normalized spacial score (nSPS) is 12.5. The Balaban J connectivity index is 0.000000209. The minimum Gasteiger partial charge on any atom is -0.306 e. The number of rotatable bonds is 5. The molecular formula is C27H21F6N5O4S2. The molecule has 0 aliphatic carbocycles. The SMILES string of the molecule is CS(=O)(=O)c1ccc(-n2cc(C(F)(F)F)nc2-c2ccccn2)cc1.CS(=O)(=O)c1ccc(-n2cnc(C(F)(F)F)c2)cc1.